The molecule has 3 N–H and O–H groups in total. The van der Waals surface area contributed by atoms with Crippen LogP contribution in [-0.4, -0.2) is 28.0 Å². The lowest BCUT2D eigenvalue weighted by molar-refractivity contribution is -0.137. The molecule has 1 heterocycles. The van der Waals surface area contributed by atoms with E-state index < -0.39 is 17.3 Å². The van der Waals surface area contributed by atoms with Gasteiger partial charge in [0.2, 0.25) is 0 Å². The first-order valence-corrected chi connectivity index (χ1v) is 7.29. The Bertz CT molecular complexity index is 407. The first-order chi connectivity index (χ1) is 9.24. The van der Waals surface area contributed by atoms with E-state index in [-0.39, 0.29) is 6.61 Å². The number of aromatic nitrogens is 1. The molecule has 1 unspecified atom stereocenters. The van der Waals surface area contributed by atoms with Gasteiger partial charge in [0.25, 0.3) is 0 Å². The second kappa shape index (κ2) is 7.28. The highest BCUT2D eigenvalue weighted by Gasteiger charge is 2.30. The highest BCUT2D eigenvalue weighted by Crippen LogP contribution is 2.29. The van der Waals surface area contributed by atoms with Crippen LogP contribution >= 0.6 is 11.8 Å². The molecule has 3 nitrogen and oxygen atoms in total. The lowest BCUT2D eigenvalue weighted by Gasteiger charge is -2.21. The Morgan fingerprint density at radius 3 is 2.50 bits per heavy atom. The van der Waals surface area contributed by atoms with Gasteiger partial charge in [-0.2, -0.15) is 13.2 Å². The van der Waals surface area contributed by atoms with E-state index in [1.54, 1.807) is 6.92 Å². The molecule has 1 rings (SSSR count). The minimum absolute atomic E-state index is 0.0550. The Kier molecular flexibility index (Phi) is 6.29. The van der Waals surface area contributed by atoms with Gasteiger partial charge in [0, 0.05) is 11.7 Å². The number of aliphatic hydroxyl groups excluding tert-OH is 1. The van der Waals surface area contributed by atoms with Crippen LogP contribution in [0.5, 0.6) is 0 Å². The van der Waals surface area contributed by atoms with Crippen LogP contribution in [0.25, 0.3) is 0 Å². The summed E-state index contributed by atoms with van der Waals surface area (Å²) in [6.45, 7) is 1.73. The van der Waals surface area contributed by atoms with Crippen molar-refractivity contribution in [1.82, 2.24) is 4.98 Å². The number of rotatable bonds is 7. The summed E-state index contributed by atoms with van der Waals surface area (Å²) < 4.78 is 37.0. The van der Waals surface area contributed by atoms with Crippen molar-refractivity contribution in [2.45, 2.75) is 42.9 Å². The minimum Gasteiger partial charge on any atom is -0.394 e. The number of thioether (sulfide) groups is 1. The van der Waals surface area contributed by atoms with Gasteiger partial charge < -0.3 is 10.8 Å². The van der Waals surface area contributed by atoms with Crippen LogP contribution < -0.4 is 5.73 Å². The molecule has 114 valence electrons. The number of nitrogens with two attached hydrogens (primary N) is 1. The number of hydrogen-bond donors (Lipinski definition) is 2. The summed E-state index contributed by atoms with van der Waals surface area (Å²) in [6.07, 6.45) is -1.04. The summed E-state index contributed by atoms with van der Waals surface area (Å²) >= 11 is 1.42. The molecule has 0 saturated carbocycles. The molecule has 0 aliphatic rings. The molecule has 0 bridgehead atoms. The first-order valence-electron chi connectivity index (χ1n) is 6.30. The minimum atomic E-state index is -4.34. The van der Waals surface area contributed by atoms with Crippen LogP contribution in [0.15, 0.2) is 23.4 Å². The van der Waals surface area contributed by atoms with Crippen molar-refractivity contribution < 1.29 is 18.3 Å². The Morgan fingerprint density at radius 2 is 2.00 bits per heavy atom. The van der Waals surface area contributed by atoms with Crippen molar-refractivity contribution in [1.29, 1.82) is 0 Å². The molecular weight excluding hydrogens is 289 g/mol. The van der Waals surface area contributed by atoms with Crippen molar-refractivity contribution in [3.8, 4) is 0 Å². The Labute approximate surface area is 120 Å². The van der Waals surface area contributed by atoms with Gasteiger partial charge in [-0.1, -0.05) is 6.42 Å². The molecule has 0 amide bonds. The van der Waals surface area contributed by atoms with Crippen molar-refractivity contribution in [2.24, 2.45) is 5.73 Å². The maximum atomic E-state index is 12.3. The maximum Gasteiger partial charge on any atom is 0.417 e. The van der Waals surface area contributed by atoms with Gasteiger partial charge in [-0.05, 0) is 37.7 Å². The molecule has 0 aromatic carbocycles. The Balaban J connectivity index is 2.29. The summed E-state index contributed by atoms with van der Waals surface area (Å²) in [5.41, 5.74) is 4.50. The second-order valence-corrected chi connectivity index (χ2v) is 6.12. The van der Waals surface area contributed by atoms with Gasteiger partial charge in [-0.15, -0.1) is 11.8 Å². The van der Waals surface area contributed by atoms with Crippen LogP contribution in [0.2, 0.25) is 0 Å². The normalized spacial score (nSPS) is 15.1. The molecule has 0 fully saturated rings. The molecule has 0 radical (unpaired) electrons. The third-order valence-corrected chi connectivity index (χ3v) is 3.85. The molecule has 0 aliphatic heterocycles. The number of nitrogens with zero attached hydrogens (tertiary/aromatic N) is 1. The summed E-state index contributed by atoms with van der Waals surface area (Å²) in [5.74, 6) is 0.764. The highest BCUT2D eigenvalue weighted by molar-refractivity contribution is 7.99. The summed E-state index contributed by atoms with van der Waals surface area (Å²) in [4.78, 5) is 3.79. The second-order valence-electron chi connectivity index (χ2n) is 5.00. The van der Waals surface area contributed by atoms with E-state index in [2.05, 4.69) is 4.98 Å². The van der Waals surface area contributed by atoms with Gasteiger partial charge in [0.05, 0.1) is 17.2 Å². The van der Waals surface area contributed by atoms with Crippen molar-refractivity contribution in [3.05, 3.63) is 23.9 Å². The number of halogens is 3. The molecule has 0 saturated heterocycles. The maximum absolute atomic E-state index is 12.3. The van der Waals surface area contributed by atoms with Gasteiger partial charge >= 0.3 is 6.18 Å². The SMILES string of the molecule is CC(N)(CO)CCCCSc1ccc(C(F)(F)F)cn1. The average Bonchev–Trinajstić information content (AvgIpc) is 2.38. The molecule has 1 aromatic rings. The zero-order valence-electron chi connectivity index (χ0n) is 11.3. The Morgan fingerprint density at radius 1 is 1.30 bits per heavy atom. The Hall–Kier alpha value is -0.790. The van der Waals surface area contributed by atoms with E-state index in [0.717, 1.165) is 30.9 Å². The molecule has 1 aromatic heterocycles. The lowest BCUT2D eigenvalue weighted by atomic mass is 9.98. The third kappa shape index (κ3) is 6.11. The predicted octanol–water partition coefficient (Wildman–Crippen LogP) is 3.07. The summed E-state index contributed by atoms with van der Waals surface area (Å²) in [7, 11) is 0. The lowest BCUT2D eigenvalue weighted by Crippen LogP contribution is -2.39. The fourth-order valence-corrected chi connectivity index (χ4v) is 2.37. The summed E-state index contributed by atoms with van der Waals surface area (Å²) in [5, 5.41) is 9.57. The van der Waals surface area contributed by atoms with Crippen molar-refractivity contribution in [3.63, 3.8) is 0 Å². The number of hydrogen-bond acceptors (Lipinski definition) is 4. The van der Waals surface area contributed by atoms with Gasteiger partial charge in [0.1, 0.15) is 0 Å². The van der Waals surface area contributed by atoms with E-state index in [9.17, 15) is 13.2 Å². The largest absolute Gasteiger partial charge is 0.417 e. The monoisotopic (exact) mass is 308 g/mol. The van der Waals surface area contributed by atoms with Crippen LogP contribution in [0.1, 0.15) is 31.7 Å². The van der Waals surface area contributed by atoms with Crippen LogP contribution in [0.4, 0.5) is 13.2 Å². The summed E-state index contributed by atoms with van der Waals surface area (Å²) in [6, 6.07) is 2.42. The number of unbranched alkanes of at least 4 members (excludes halogenated alkanes) is 1. The standard InChI is InChI=1S/C13H19F3N2OS/c1-12(17,9-19)6-2-3-7-20-11-5-4-10(8-18-11)13(14,15)16/h4-5,8,19H,2-3,6-7,9,17H2,1H3. The van der Waals surface area contributed by atoms with Gasteiger partial charge in [0.15, 0.2) is 0 Å². The molecule has 0 spiro atoms. The van der Waals surface area contributed by atoms with Crippen molar-refractivity contribution in [2.75, 3.05) is 12.4 Å². The third-order valence-electron chi connectivity index (χ3n) is 2.82. The van der Waals surface area contributed by atoms with E-state index in [1.807, 2.05) is 0 Å². The van der Waals surface area contributed by atoms with Gasteiger partial charge in [-0.25, -0.2) is 4.98 Å². The quantitative estimate of drug-likeness (QED) is 0.600. The van der Waals surface area contributed by atoms with Crippen LogP contribution in [0, 0.1) is 0 Å². The molecule has 1 atom stereocenters. The van der Waals surface area contributed by atoms with E-state index >= 15 is 0 Å². The fourth-order valence-electron chi connectivity index (χ4n) is 1.52. The van der Waals surface area contributed by atoms with Crippen LogP contribution in [0.3, 0.4) is 0 Å². The molecule has 0 aliphatic carbocycles. The molecular formula is C13H19F3N2OS. The first kappa shape index (κ1) is 17.3. The molecule has 20 heavy (non-hydrogen) atoms. The smallest absolute Gasteiger partial charge is 0.394 e. The van der Waals surface area contributed by atoms with Crippen molar-refractivity contribution >= 4 is 11.8 Å². The number of aliphatic hydroxyl groups is 1. The fraction of sp³-hybridized carbons (Fsp3) is 0.615. The average molecular weight is 308 g/mol. The van der Waals surface area contributed by atoms with E-state index in [4.69, 9.17) is 10.8 Å². The van der Waals surface area contributed by atoms with E-state index in [1.165, 1.54) is 17.8 Å². The zero-order chi connectivity index (χ0) is 15.2. The van der Waals surface area contributed by atoms with Gasteiger partial charge in [-0.3, -0.25) is 0 Å². The predicted molar refractivity (Wildman–Crippen MR) is 73.5 cm³/mol. The van der Waals surface area contributed by atoms with Crippen LogP contribution in [-0.2, 0) is 6.18 Å². The molecule has 7 heteroatoms. The highest BCUT2D eigenvalue weighted by atomic mass is 32.2. The topological polar surface area (TPSA) is 59.1 Å². The zero-order valence-corrected chi connectivity index (χ0v) is 12.1. The van der Waals surface area contributed by atoms with E-state index in [0.29, 0.717) is 11.4 Å². The number of pyridine rings is 1. The number of alkyl halides is 3.